The molecule has 0 heterocycles. The number of nitrogens with zero attached hydrogens (tertiary/aromatic N) is 1. The van der Waals surface area contributed by atoms with E-state index < -0.39 is 0 Å². The Bertz CT molecular complexity index is 138. The highest BCUT2D eigenvalue weighted by molar-refractivity contribution is 5.86. The standard InChI is InChI=1S/C9H17NO/c1-4-5-6-7-8-9(11)10(2)3/h7-8H,4-6H2,1-3H3. The fourth-order valence-electron chi connectivity index (χ4n) is 0.655. The average Bonchev–Trinajstić information content (AvgIpc) is 1.97. The van der Waals surface area contributed by atoms with Crippen LogP contribution in [0.2, 0.25) is 0 Å². The second kappa shape index (κ2) is 5.96. The van der Waals surface area contributed by atoms with Crippen LogP contribution in [0, 0.1) is 0 Å². The van der Waals surface area contributed by atoms with E-state index in [0.29, 0.717) is 0 Å². The van der Waals surface area contributed by atoms with Crippen molar-refractivity contribution >= 4 is 5.91 Å². The van der Waals surface area contributed by atoms with Crippen molar-refractivity contribution in [3.8, 4) is 0 Å². The molecule has 0 bridgehead atoms. The van der Waals surface area contributed by atoms with Crippen molar-refractivity contribution in [1.82, 2.24) is 4.90 Å². The molecule has 0 aromatic rings. The molecule has 0 aliphatic rings. The average molecular weight is 155 g/mol. The van der Waals surface area contributed by atoms with Gasteiger partial charge >= 0.3 is 0 Å². The first-order chi connectivity index (χ1) is 5.18. The van der Waals surface area contributed by atoms with Crippen LogP contribution in [0.5, 0.6) is 0 Å². The van der Waals surface area contributed by atoms with Crippen LogP contribution in [0.4, 0.5) is 0 Å². The molecule has 2 heteroatoms. The first-order valence-electron chi connectivity index (χ1n) is 4.06. The highest BCUT2D eigenvalue weighted by Gasteiger charge is 1.94. The molecule has 64 valence electrons. The van der Waals surface area contributed by atoms with Crippen LogP contribution >= 0.6 is 0 Å². The predicted octanol–water partition coefficient (Wildman–Crippen LogP) is 1.82. The van der Waals surface area contributed by atoms with Gasteiger partial charge in [-0.1, -0.05) is 25.8 Å². The Labute approximate surface area is 68.9 Å². The summed E-state index contributed by atoms with van der Waals surface area (Å²) in [4.78, 5) is 12.5. The summed E-state index contributed by atoms with van der Waals surface area (Å²) in [5.74, 6) is 0.0705. The molecular formula is C9H17NO. The summed E-state index contributed by atoms with van der Waals surface area (Å²) in [7, 11) is 3.51. The molecular weight excluding hydrogens is 138 g/mol. The molecule has 2 nitrogen and oxygen atoms in total. The minimum atomic E-state index is 0.0705. The van der Waals surface area contributed by atoms with E-state index in [1.54, 1.807) is 25.1 Å². The molecule has 0 aromatic carbocycles. The van der Waals surface area contributed by atoms with Gasteiger partial charge in [0, 0.05) is 14.1 Å². The Balaban J connectivity index is 3.49. The normalized spacial score (nSPS) is 10.5. The quantitative estimate of drug-likeness (QED) is 0.448. The maximum Gasteiger partial charge on any atom is 0.245 e. The predicted molar refractivity (Wildman–Crippen MR) is 47.4 cm³/mol. The van der Waals surface area contributed by atoms with Gasteiger partial charge in [-0.25, -0.2) is 0 Å². The third kappa shape index (κ3) is 5.64. The van der Waals surface area contributed by atoms with Gasteiger partial charge in [0.2, 0.25) is 5.91 Å². The lowest BCUT2D eigenvalue weighted by Crippen LogP contribution is -2.18. The molecule has 11 heavy (non-hydrogen) atoms. The van der Waals surface area contributed by atoms with Gasteiger partial charge in [-0.2, -0.15) is 0 Å². The molecule has 0 aliphatic carbocycles. The van der Waals surface area contributed by atoms with E-state index in [4.69, 9.17) is 0 Å². The van der Waals surface area contributed by atoms with Crippen molar-refractivity contribution in [2.75, 3.05) is 14.1 Å². The minimum absolute atomic E-state index is 0.0705. The van der Waals surface area contributed by atoms with Crippen LogP contribution in [-0.2, 0) is 4.79 Å². The number of likely N-dealkylation sites (N-methyl/N-ethyl adjacent to an activating group) is 1. The molecule has 0 aromatic heterocycles. The summed E-state index contributed by atoms with van der Waals surface area (Å²) < 4.78 is 0. The lowest BCUT2D eigenvalue weighted by atomic mass is 10.2. The Morgan fingerprint density at radius 1 is 1.45 bits per heavy atom. The van der Waals surface area contributed by atoms with Gasteiger partial charge in [0.25, 0.3) is 0 Å². The Morgan fingerprint density at radius 2 is 2.09 bits per heavy atom. The number of unbranched alkanes of at least 4 members (excludes halogenated alkanes) is 2. The maximum absolute atomic E-state index is 10.9. The first-order valence-corrected chi connectivity index (χ1v) is 4.06. The molecule has 0 saturated carbocycles. The Morgan fingerprint density at radius 3 is 2.55 bits per heavy atom. The molecule has 0 radical (unpaired) electrons. The van der Waals surface area contributed by atoms with Gasteiger partial charge < -0.3 is 4.90 Å². The van der Waals surface area contributed by atoms with Crippen LogP contribution in [0.15, 0.2) is 12.2 Å². The highest BCUT2D eigenvalue weighted by atomic mass is 16.2. The number of rotatable bonds is 4. The lowest BCUT2D eigenvalue weighted by Gasteiger charge is -2.04. The topological polar surface area (TPSA) is 20.3 Å². The SMILES string of the molecule is CCCCC=CC(=O)N(C)C. The van der Waals surface area contributed by atoms with Gasteiger partial charge in [-0.3, -0.25) is 4.79 Å². The van der Waals surface area contributed by atoms with E-state index in [1.165, 1.54) is 6.42 Å². The van der Waals surface area contributed by atoms with Gasteiger partial charge in [0.05, 0.1) is 0 Å². The molecule has 0 unspecified atom stereocenters. The van der Waals surface area contributed by atoms with Gasteiger partial charge in [0.15, 0.2) is 0 Å². The third-order valence-electron chi connectivity index (χ3n) is 1.43. The first kappa shape index (κ1) is 10.2. The van der Waals surface area contributed by atoms with E-state index in [-0.39, 0.29) is 5.91 Å². The summed E-state index contributed by atoms with van der Waals surface area (Å²) in [6.07, 6.45) is 6.93. The molecule has 0 spiro atoms. The third-order valence-corrected chi connectivity index (χ3v) is 1.43. The van der Waals surface area contributed by atoms with Gasteiger partial charge in [0.1, 0.15) is 0 Å². The fourth-order valence-corrected chi connectivity index (χ4v) is 0.655. The summed E-state index contributed by atoms with van der Waals surface area (Å²) >= 11 is 0. The largest absolute Gasteiger partial charge is 0.345 e. The number of hydrogen-bond acceptors (Lipinski definition) is 1. The number of hydrogen-bond donors (Lipinski definition) is 0. The van der Waals surface area contributed by atoms with E-state index in [0.717, 1.165) is 12.8 Å². The van der Waals surface area contributed by atoms with Crippen LogP contribution in [0.3, 0.4) is 0 Å². The summed E-state index contributed by atoms with van der Waals surface area (Å²) in [6, 6.07) is 0. The zero-order valence-corrected chi connectivity index (χ0v) is 7.63. The molecule has 0 N–H and O–H groups in total. The highest BCUT2D eigenvalue weighted by Crippen LogP contribution is 1.95. The molecule has 0 rings (SSSR count). The smallest absolute Gasteiger partial charge is 0.245 e. The molecule has 0 aliphatic heterocycles. The molecule has 1 amide bonds. The van der Waals surface area contributed by atoms with E-state index in [1.807, 2.05) is 6.08 Å². The van der Waals surface area contributed by atoms with Crippen molar-refractivity contribution in [2.45, 2.75) is 26.2 Å². The summed E-state index contributed by atoms with van der Waals surface area (Å²) in [5.41, 5.74) is 0. The van der Waals surface area contributed by atoms with Gasteiger partial charge in [-0.15, -0.1) is 0 Å². The summed E-state index contributed by atoms with van der Waals surface area (Å²) in [6.45, 7) is 2.14. The van der Waals surface area contributed by atoms with Crippen molar-refractivity contribution < 1.29 is 4.79 Å². The Kier molecular flexibility index (Phi) is 5.53. The second-order valence-electron chi connectivity index (χ2n) is 2.78. The van der Waals surface area contributed by atoms with E-state index >= 15 is 0 Å². The lowest BCUT2D eigenvalue weighted by molar-refractivity contribution is -0.123. The van der Waals surface area contributed by atoms with E-state index in [2.05, 4.69) is 6.92 Å². The van der Waals surface area contributed by atoms with Crippen molar-refractivity contribution in [3.05, 3.63) is 12.2 Å². The second-order valence-corrected chi connectivity index (χ2v) is 2.78. The fraction of sp³-hybridized carbons (Fsp3) is 0.667. The van der Waals surface area contributed by atoms with Gasteiger partial charge in [-0.05, 0) is 12.5 Å². The number of allylic oxidation sites excluding steroid dienone is 1. The van der Waals surface area contributed by atoms with Crippen LogP contribution in [-0.4, -0.2) is 24.9 Å². The van der Waals surface area contributed by atoms with Crippen LogP contribution in [0.1, 0.15) is 26.2 Å². The number of amides is 1. The number of carbonyl (C=O) groups excluding carboxylic acids is 1. The Hall–Kier alpha value is -0.790. The summed E-state index contributed by atoms with van der Waals surface area (Å²) in [5, 5.41) is 0. The van der Waals surface area contributed by atoms with Crippen molar-refractivity contribution in [2.24, 2.45) is 0 Å². The van der Waals surface area contributed by atoms with Crippen molar-refractivity contribution in [1.29, 1.82) is 0 Å². The van der Waals surface area contributed by atoms with Crippen molar-refractivity contribution in [3.63, 3.8) is 0 Å². The maximum atomic E-state index is 10.9. The van der Waals surface area contributed by atoms with Crippen LogP contribution in [0.25, 0.3) is 0 Å². The zero-order chi connectivity index (χ0) is 8.69. The molecule has 0 saturated heterocycles. The van der Waals surface area contributed by atoms with Crippen LogP contribution < -0.4 is 0 Å². The molecule has 0 fully saturated rings. The molecule has 0 atom stereocenters. The monoisotopic (exact) mass is 155 g/mol. The zero-order valence-electron chi connectivity index (χ0n) is 7.63. The number of carbonyl (C=O) groups is 1. The van der Waals surface area contributed by atoms with E-state index in [9.17, 15) is 4.79 Å². The minimum Gasteiger partial charge on any atom is -0.345 e.